The van der Waals surface area contributed by atoms with Gasteiger partial charge in [0.1, 0.15) is 10.8 Å². The van der Waals surface area contributed by atoms with Crippen LogP contribution in [0.3, 0.4) is 0 Å². The number of hydrogen-bond acceptors (Lipinski definition) is 5. The quantitative estimate of drug-likeness (QED) is 0.807. The minimum Gasteiger partial charge on any atom is -0.358 e. The summed E-state index contributed by atoms with van der Waals surface area (Å²) in [5.41, 5.74) is 1.55. The summed E-state index contributed by atoms with van der Waals surface area (Å²) in [6.07, 6.45) is 0. The molecule has 1 aromatic heterocycles. The summed E-state index contributed by atoms with van der Waals surface area (Å²) in [5, 5.41) is 2.60. The van der Waals surface area contributed by atoms with Gasteiger partial charge in [0.2, 0.25) is 0 Å². The predicted molar refractivity (Wildman–Crippen MR) is 62.9 cm³/mol. The number of hydrogen-bond donors (Lipinski definition) is 0. The molecule has 1 aromatic carbocycles. The van der Waals surface area contributed by atoms with Crippen molar-refractivity contribution in [2.75, 3.05) is 0 Å². The molecule has 0 radical (unpaired) electrons. The van der Waals surface area contributed by atoms with E-state index in [1.165, 1.54) is 23.5 Å². The van der Waals surface area contributed by atoms with Gasteiger partial charge in [0.15, 0.2) is 0 Å². The zero-order chi connectivity index (χ0) is 12.5. The number of halogens is 1. The molecule has 2 aromatic rings. The largest absolute Gasteiger partial charge is 0.488 e. The Morgan fingerprint density at radius 3 is 2.76 bits per heavy atom. The fourth-order valence-electron chi connectivity index (χ4n) is 1.28. The fraction of sp³-hybridized carbons (Fsp3) is 0.100. The van der Waals surface area contributed by atoms with E-state index in [-0.39, 0.29) is 5.75 Å². The van der Waals surface area contributed by atoms with E-state index in [9.17, 15) is 12.3 Å². The Balaban J connectivity index is 2.35. The lowest BCUT2D eigenvalue weighted by Gasteiger charge is -2.01. The van der Waals surface area contributed by atoms with E-state index in [0.717, 1.165) is 10.7 Å². The second kappa shape index (κ2) is 4.42. The summed E-state index contributed by atoms with van der Waals surface area (Å²) in [7, 11) is -4.99. The minimum atomic E-state index is -4.99. The average molecular weight is 273 g/mol. The van der Waals surface area contributed by atoms with Gasteiger partial charge in [-0.1, -0.05) is 16.0 Å². The molecule has 17 heavy (non-hydrogen) atoms. The van der Waals surface area contributed by atoms with Gasteiger partial charge in [-0.3, -0.25) is 0 Å². The maximum Gasteiger partial charge on any atom is 0.488 e. The van der Waals surface area contributed by atoms with Crippen LogP contribution in [0.2, 0.25) is 0 Å². The van der Waals surface area contributed by atoms with Crippen LogP contribution in [0.4, 0.5) is 3.89 Å². The lowest BCUT2D eigenvalue weighted by molar-refractivity contribution is 0.440. The molecule has 0 unspecified atom stereocenters. The number of benzene rings is 1. The van der Waals surface area contributed by atoms with E-state index in [0.29, 0.717) is 5.56 Å². The number of rotatable bonds is 3. The normalized spacial score (nSPS) is 11.4. The van der Waals surface area contributed by atoms with Crippen LogP contribution in [0.1, 0.15) is 5.69 Å². The highest BCUT2D eigenvalue weighted by molar-refractivity contribution is 7.81. The van der Waals surface area contributed by atoms with E-state index in [1.807, 2.05) is 12.3 Å². The number of thiazole rings is 1. The van der Waals surface area contributed by atoms with Crippen LogP contribution in [0.5, 0.6) is 5.75 Å². The Morgan fingerprint density at radius 2 is 2.18 bits per heavy atom. The Kier molecular flexibility index (Phi) is 3.12. The molecule has 0 bridgehead atoms. The molecule has 7 heteroatoms. The Bertz CT molecular complexity index is 637. The summed E-state index contributed by atoms with van der Waals surface area (Å²) >= 11 is 1.42. The topological polar surface area (TPSA) is 56.3 Å². The molecule has 4 nitrogen and oxygen atoms in total. The van der Waals surface area contributed by atoms with Gasteiger partial charge in [-0.15, -0.1) is 11.3 Å². The monoisotopic (exact) mass is 273 g/mol. The Hall–Kier alpha value is -1.47. The first-order valence-electron chi connectivity index (χ1n) is 4.61. The third-order valence-electron chi connectivity index (χ3n) is 1.90. The van der Waals surface area contributed by atoms with E-state index in [2.05, 4.69) is 9.17 Å². The molecule has 90 valence electrons. The molecule has 0 amide bonds. The zero-order valence-corrected chi connectivity index (χ0v) is 10.4. The van der Waals surface area contributed by atoms with Gasteiger partial charge >= 0.3 is 10.5 Å². The molecule has 0 aliphatic heterocycles. The molecule has 2 rings (SSSR count). The second-order valence-corrected chi connectivity index (χ2v) is 5.11. The van der Waals surface area contributed by atoms with Crippen molar-refractivity contribution in [2.45, 2.75) is 6.92 Å². The van der Waals surface area contributed by atoms with Gasteiger partial charge in [-0.05, 0) is 19.1 Å². The molecule has 0 spiro atoms. The van der Waals surface area contributed by atoms with Gasteiger partial charge in [0.05, 0.1) is 0 Å². The van der Waals surface area contributed by atoms with Crippen molar-refractivity contribution in [3.8, 4) is 16.3 Å². The molecular formula is C10H8FNO3S2. The van der Waals surface area contributed by atoms with Gasteiger partial charge in [0, 0.05) is 16.6 Å². The van der Waals surface area contributed by atoms with Crippen LogP contribution in [0, 0.1) is 6.92 Å². The van der Waals surface area contributed by atoms with E-state index in [4.69, 9.17) is 0 Å². The molecule has 0 fully saturated rings. The van der Waals surface area contributed by atoms with Crippen LogP contribution >= 0.6 is 11.3 Å². The van der Waals surface area contributed by atoms with Crippen LogP contribution in [-0.4, -0.2) is 13.4 Å². The van der Waals surface area contributed by atoms with Crippen LogP contribution in [0.15, 0.2) is 29.6 Å². The van der Waals surface area contributed by atoms with Crippen molar-refractivity contribution in [3.05, 3.63) is 35.3 Å². The molecule has 1 heterocycles. The standard InChI is InChI=1S/C10H8FNO3S2/c1-7-6-16-10(12-7)8-3-2-4-9(5-8)15-17(11,13)14/h2-6H,1H3. The summed E-state index contributed by atoms with van der Waals surface area (Å²) < 4.78 is 37.2. The van der Waals surface area contributed by atoms with Crippen molar-refractivity contribution in [3.63, 3.8) is 0 Å². The fourth-order valence-corrected chi connectivity index (χ4v) is 2.41. The van der Waals surface area contributed by atoms with Gasteiger partial charge in [0.25, 0.3) is 0 Å². The van der Waals surface area contributed by atoms with E-state index in [1.54, 1.807) is 12.1 Å². The first-order chi connectivity index (χ1) is 7.94. The average Bonchev–Trinajstić information content (AvgIpc) is 2.63. The first kappa shape index (κ1) is 12.0. The number of aryl methyl sites for hydroxylation is 1. The van der Waals surface area contributed by atoms with Crippen molar-refractivity contribution in [2.24, 2.45) is 0 Å². The van der Waals surface area contributed by atoms with E-state index >= 15 is 0 Å². The molecule has 0 aliphatic carbocycles. The first-order valence-corrected chi connectivity index (χ1v) is 6.79. The lowest BCUT2D eigenvalue weighted by Crippen LogP contribution is -2.00. The predicted octanol–water partition coefficient (Wildman–Crippen LogP) is 2.71. The zero-order valence-electron chi connectivity index (χ0n) is 8.75. The Labute approximate surface area is 102 Å². The van der Waals surface area contributed by atoms with Gasteiger partial charge in [-0.25, -0.2) is 4.98 Å². The molecule has 0 saturated carbocycles. The number of nitrogens with zero attached hydrogens (tertiary/aromatic N) is 1. The van der Waals surface area contributed by atoms with Crippen LogP contribution < -0.4 is 4.18 Å². The second-order valence-electron chi connectivity index (χ2n) is 3.30. The van der Waals surface area contributed by atoms with Crippen LogP contribution in [0.25, 0.3) is 10.6 Å². The van der Waals surface area contributed by atoms with Crippen molar-refractivity contribution < 1.29 is 16.5 Å². The van der Waals surface area contributed by atoms with Crippen molar-refractivity contribution in [1.29, 1.82) is 0 Å². The summed E-state index contributed by atoms with van der Waals surface area (Å²) in [6, 6.07) is 6.11. The maximum absolute atomic E-state index is 12.3. The highest BCUT2D eigenvalue weighted by Crippen LogP contribution is 2.27. The van der Waals surface area contributed by atoms with Crippen molar-refractivity contribution in [1.82, 2.24) is 4.98 Å². The third kappa shape index (κ3) is 3.24. The number of aromatic nitrogens is 1. The molecule has 0 aliphatic rings. The summed E-state index contributed by atoms with van der Waals surface area (Å²) in [5.74, 6) is -0.0714. The molecule has 0 atom stereocenters. The Morgan fingerprint density at radius 1 is 1.41 bits per heavy atom. The van der Waals surface area contributed by atoms with E-state index < -0.39 is 10.5 Å². The SMILES string of the molecule is Cc1csc(-c2cccc(OS(=O)(=O)F)c2)n1. The van der Waals surface area contributed by atoms with Crippen molar-refractivity contribution >= 4 is 21.8 Å². The highest BCUT2D eigenvalue weighted by Gasteiger charge is 2.11. The highest BCUT2D eigenvalue weighted by atomic mass is 32.3. The summed E-state index contributed by atoms with van der Waals surface area (Å²) in [6.45, 7) is 1.85. The summed E-state index contributed by atoms with van der Waals surface area (Å²) in [4.78, 5) is 4.24. The third-order valence-corrected chi connectivity index (χ3v) is 3.30. The van der Waals surface area contributed by atoms with Gasteiger partial charge in [-0.2, -0.15) is 8.42 Å². The minimum absolute atomic E-state index is 0.0714. The molecule has 0 N–H and O–H groups in total. The lowest BCUT2D eigenvalue weighted by atomic mass is 10.2. The maximum atomic E-state index is 12.3. The smallest absolute Gasteiger partial charge is 0.358 e. The van der Waals surface area contributed by atoms with Crippen LogP contribution in [-0.2, 0) is 10.5 Å². The molecule has 0 saturated heterocycles. The molecular weight excluding hydrogens is 265 g/mol. The van der Waals surface area contributed by atoms with Gasteiger partial charge < -0.3 is 4.18 Å².